The van der Waals surface area contributed by atoms with Crippen LogP contribution in [0.15, 0.2) is 84.8 Å². The molecule has 0 bridgehead atoms. The fourth-order valence-electron chi connectivity index (χ4n) is 4.83. The summed E-state index contributed by atoms with van der Waals surface area (Å²) >= 11 is 13.4. The number of hydrogen-bond acceptors (Lipinski definition) is 8. The molecule has 5 aromatic rings. The second-order valence-corrected chi connectivity index (χ2v) is 11.0. The van der Waals surface area contributed by atoms with Gasteiger partial charge in [-0.05, 0) is 42.0 Å². The van der Waals surface area contributed by atoms with Gasteiger partial charge in [-0.25, -0.2) is 13.8 Å². The van der Waals surface area contributed by atoms with Crippen LogP contribution in [0.25, 0.3) is 22.2 Å². The molecular weight excluding hydrogens is 681 g/mol. The number of aromatic nitrogens is 3. The predicted octanol–water partition coefficient (Wildman–Crippen LogP) is 7.10. The highest BCUT2D eigenvalue weighted by atomic mass is 35.5. The number of nitrogens with zero attached hydrogens (tertiary/aromatic N) is 3. The molecule has 5 rings (SSSR count). The fourth-order valence-corrected chi connectivity index (χ4v) is 5.54. The summed E-state index contributed by atoms with van der Waals surface area (Å²) in [5.41, 5.74) is 0.294. The number of rotatable bonds is 11. The van der Waals surface area contributed by atoms with E-state index in [1.807, 2.05) is 0 Å². The van der Waals surface area contributed by atoms with Crippen LogP contribution in [0, 0.1) is 11.6 Å². The first-order valence-corrected chi connectivity index (χ1v) is 15.0. The molecule has 0 aliphatic heterocycles. The number of amides is 2. The molecule has 0 unspecified atom stereocenters. The summed E-state index contributed by atoms with van der Waals surface area (Å²) in [6.07, 6.45) is 3.45. The molecule has 11 nitrogen and oxygen atoms in total. The number of halogens is 4. The Balaban J connectivity index is 1.70. The summed E-state index contributed by atoms with van der Waals surface area (Å²) in [4.78, 5) is 46.9. The predicted molar refractivity (Wildman–Crippen MR) is 185 cm³/mol. The average Bonchev–Trinajstić information content (AvgIpc) is 3.08. The van der Waals surface area contributed by atoms with E-state index in [0.717, 1.165) is 18.2 Å². The zero-order chi connectivity index (χ0) is 35.4. The molecule has 0 spiro atoms. The first kappa shape index (κ1) is 34.5. The van der Waals surface area contributed by atoms with Crippen molar-refractivity contribution in [3.63, 3.8) is 0 Å². The van der Waals surface area contributed by atoms with Crippen molar-refractivity contribution < 1.29 is 27.8 Å². The van der Waals surface area contributed by atoms with E-state index in [0.29, 0.717) is 22.7 Å². The summed E-state index contributed by atoms with van der Waals surface area (Å²) < 4.78 is 41.2. The van der Waals surface area contributed by atoms with Crippen LogP contribution in [0.5, 0.6) is 11.5 Å². The minimum atomic E-state index is -1.05. The number of nitrogens with one attached hydrogen (secondary N) is 3. The van der Waals surface area contributed by atoms with Crippen LogP contribution >= 0.6 is 23.2 Å². The summed E-state index contributed by atoms with van der Waals surface area (Å²) in [6.45, 7) is 6.75. The van der Waals surface area contributed by atoms with E-state index in [1.54, 1.807) is 24.3 Å². The SMILES string of the molecule is C=CC(=O)Nc1ccc(Cn2c(=O)c(-c3c(Cl)c(OC)cc(OC)c3Cl)cc3cnc(Nc4c(F)cc(F)cc4NC(=O)C=C)nc32)cc1. The maximum atomic E-state index is 15.0. The van der Waals surface area contributed by atoms with Crippen LogP contribution in [-0.4, -0.2) is 40.6 Å². The first-order chi connectivity index (χ1) is 23.5. The average molecular weight is 708 g/mol. The van der Waals surface area contributed by atoms with E-state index < -0.39 is 29.0 Å². The molecule has 0 atom stereocenters. The standard InChI is InChI=1S/C34H26Cl2F2N6O5/c1-5-26(45)40-20-9-7-17(8-10-20)16-44-32-18(11-21(33(44)47)28-29(35)24(48-3)14-25(49-4)30(28)36)15-39-34(43-32)42-31-22(38)12-19(37)13-23(31)41-27(46)6-2/h5-15H,1-2,16H2,3-4H3,(H,40,45)(H,41,46)(H,39,42,43). The number of carbonyl (C=O) groups excluding carboxylic acids is 2. The number of carbonyl (C=O) groups is 2. The van der Waals surface area contributed by atoms with Crippen LogP contribution in [0.3, 0.4) is 0 Å². The van der Waals surface area contributed by atoms with Crippen molar-refractivity contribution in [3.05, 3.63) is 118 Å². The van der Waals surface area contributed by atoms with Gasteiger partial charge in [0, 0.05) is 35.0 Å². The molecule has 0 radical (unpaired) electrons. The van der Waals surface area contributed by atoms with E-state index >= 15 is 4.39 Å². The first-order valence-electron chi connectivity index (χ1n) is 14.2. The van der Waals surface area contributed by atoms with Crippen LogP contribution in [-0.2, 0) is 16.1 Å². The van der Waals surface area contributed by atoms with Gasteiger partial charge in [0.25, 0.3) is 5.56 Å². The van der Waals surface area contributed by atoms with Crippen LogP contribution < -0.4 is 31.0 Å². The maximum absolute atomic E-state index is 15.0. The van der Waals surface area contributed by atoms with Gasteiger partial charge in [-0.15, -0.1) is 0 Å². The highest BCUT2D eigenvalue weighted by Crippen LogP contribution is 2.45. The van der Waals surface area contributed by atoms with E-state index in [-0.39, 0.29) is 62.2 Å². The third kappa shape index (κ3) is 7.22. The van der Waals surface area contributed by atoms with Gasteiger partial charge in [-0.1, -0.05) is 48.5 Å². The van der Waals surface area contributed by atoms with Gasteiger partial charge in [-0.3, -0.25) is 19.0 Å². The lowest BCUT2D eigenvalue weighted by Gasteiger charge is -2.18. The van der Waals surface area contributed by atoms with Crippen molar-refractivity contribution in [2.75, 3.05) is 30.2 Å². The summed E-state index contributed by atoms with van der Waals surface area (Å²) in [5.74, 6) is -2.87. The normalized spacial score (nSPS) is 10.7. The Bertz CT molecular complexity index is 2180. The van der Waals surface area contributed by atoms with Gasteiger partial charge in [0.1, 0.15) is 28.7 Å². The van der Waals surface area contributed by atoms with Crippen LogP contribution in [0.1, 0.15) is 5.56 Å². The van der Waals surface area contributed by atoms with E-state index in [4.69, 9.17) is 32.7 Å². The Kier molecular flexibility index (Phi) is 10.3. The largest absolute Gasteiger partial charge is 0.495 e. The Morgan fingerprint density at radius 3 is 2.18 bits per heavy atom. The molecule has 3 aromatic carbocycles. The van der Waals surface area contributed by atoms with Gasteiger partial charge >= 0.3 is 0 Å². The Hall–Kier alpha value is -5.79. The molecule has 49 heavy (non-hydrogen) atoms. The molecular formula is C34H26Cl2F2N6O5. The second-order valence-electron chi connectivity index (χ2n) is 10.2. The molecule has 0 saturated heterocycles. The smallest absolute Gasteiger partial charge is 0.260 e. The zero-order valence-corrected chi connectivity index (χ0v) is 27.4. The fraction of sp³-hybridized carbons (Fsp3) is 0.0882. The summed E-state index contributed by atoms with van der Waals surface area (Å²) in [7, 11) is 2.80. The number of fused-ring (bicyclic) bond motifs is 1. The number of methoxy groups -OCH3 is 2. The molecule has 2 heterocycles. The van der Waals surface area contributed by atoms with Crippen molar-refractivity contribution in [1.29, 1.82) is 0 Å². The number of anilines is 4. The molecule has 3 N–H and O–H groups in total. The zero-order valence-electron chi connectivity index (χ0n) is 25.9. The third-order valence-corrected chi connectivity index (χ3v) is 7.90. The van der Waals surface area contributed by atoms with Gasteiger partial charge in [0.15, 0.2) is 5.82 Å². The molecule has 15 heteroatoms. The second kappa shape index (κ2) is 14.5. The Labute approximate surface area is 287 Å². The van der Waals surface area contributed by atoms with Gasteiger partial charge in [-0.2, -0.15) is 4.98 Å². The van der Waals surface area contributed by atoms with Crippen molar-refractivity contribution in [2.45, 2.75) is 6.54 Å². The van der Waals surface area contributed by atoms with Crippen molar-refractivity contribution in [3.8, 4) is 22.6 Å². The summed E-state index contributed by atoms with van der Waals surface area (Å²) in [5, 5.41) is 8.13. The molecule has 0 fully saturated rings. The topological polar surface area (TPSA) is 136 Å². The highest BCUT2D eigenvalue weighted by molar-refractivity contribution is 6.41. The van der Waals surface area contributed by atoms with Gasteiger partial charge in [0.2, 0.25) is 17.8 Å². The maximum Gasteiger partial charge on any atom is 0.260 e. The monoisotopic (exact) mass is 706 g/mol. The van der Waals surface area contributed by atoms with Crippen molar-refractivity contribution in [1.82, 2.24) is 14.5 Å². The molecule has 2 amide bonds. The number of benzene rings is 3. The molecule has 0 saturated carbocycles. The number of ether oxygens (including phenoxy) is 2. The lowest BCUT2D eigenvalue weighted by molar-refractivity contribution is -0.112. The molecule has 0 aliphatic rings. The van der Waals surface area contributed by atoms with Gasteiger partial charge in [0.05, 0.1) is 42.1 Å². The van der Waals surface area contributed by atoms with Gasteiger partial charge < -0.3 is 25.4 Å². The molecule has 2 aromatic heterocycles. The van der Waals surface area contributed by atoms with Crippen molar-refractivity contribution >= 4 is 69.1 Å². The Morgan fingerprint density at radius 1 is 0.939 bits per heavy atom. The van der Waals surface area contributed by atoms with Crippen LogP contribution in [0.2, 0.25) is 10.0 Å². The lowest BCUT2D eigenvalue weighted by Crippen LogP contribution is -2.24. The van der Waals surface area contributed by atoms with Crippen LogP contribution in [0.4, 0.5) is 31.8 Å². The number of hydrogen-bond donors (Lipinski definition) is 3. The van der Waals surface area contributed by atoms with E-state index in [9.17, 15) is 18.8 Å². The van der Waals surface area contributed by atoms with E-state index in [2.05, 4.69) is 39.1 Å². The third-order valence-electron chi connectivity index (χ3n) is 7.15. The Morgan fingerprint density at radius 2 is 1.57 bits per heavy atom. The minimum absolute atomic E-state index is 0.0444. The highest BCUT2D eigenvalue weighted by Gasteiger charge is 2.24. The summed E-state index contributed by atoms with van der Waals surface area (Å²) in [6, 6.07) is 11.2. The molecule has 0 aliphatic carbocycles. The molecule has 250 valence electrons. The lowest BCUT2D eigenvalue weighted by atomic mass is 10.0. The minimum Gasteiger partial charge on any atom is -0.495 e. The quantitative estimate of drug-likeness (QED) is 0.124. The van der Waals surface area contributed by atoms with Crippen molar-refractivity contribution in [2.24, 2.45) is 0 Å². The van der Waals surface area contributed by atoms with E-state index in [1.165, 1.54) is 37.1 Å². The number of pyridine rings is 1.